The van der Waals surface area contributed by atoms with Crippen LogP contribution in [0.4, 0.5) is 0 Å². The highest BCUT2D eigenvalue weighted by Crippen LogP contribution is 2.68. The molecular formula is C27H47N3O2. The lowest BCUT2D eigenvalue weighted by Crippen LogP contribution is -2.68. The first-order valence-electron chi connectivity index (χ1n) is 13.7. The van der Waals surface area contributed by atoms with Gasteiger partial charge in [-0.3, -0.25) is 4.79 Å². The topological polar surface area (TPSA) is 90.4 Å². The number of ether oxygens (including phenoxy) is 1. The molecule has 4 unspecified atom stereocenters. The molecule has 32 heavy (non-hydrogen) atoms. The summed E-state index contributed by atoms with van der Waals surface area (Å²) >= 11 is 0. The molecule has 5 rings (SSSR count). The van der Waals surface area contributed by atoms with E-state index < -0.39 is 0 Å². The molecule has 0 aromatic carbocycles. The second-order valence-electron chi connectivity index (χ2n) is 12.7. The molecule has 5 heteroatoms. The zero-order valence-corrected chi connectivity index (χ0v) is 20.5. The maximum atomic E-state index is 12.0. The van der Waals surface area contributed by atoms with Crippen molar-refractivity contribution in [2.24, 2.45) is 51.9 Å². The minimum absolute atomic E-state index is 0.0206. The molecule has 1 heterocycles. The van der Waals surface area contributed by atoms with Gasteiger partial charge >= 0.3 is 5.97 Å². The molecule has 4 aliphatic carbocycles. The summed E-state index contributed by atoms with van der Waals surface area (Å²) in [7, 11) is 0. The number of cyclic esters (lactones) is 1. The highest BCUT2D eigenvalue weighted by Gasteiger charge is 2.63. The van der Waals surface area contributed by atoms with E-state index in [-0.39, 0.29) is 22.8 Å². The fraction of sp³-hybridized carbons (Fsp3) is 0.963. The van der Waals surface area contributed by atoms with Gasteiger partial charge in [0.1, 0.15) is 0 Å². The summed E-state index contributed by atoms with van der Waals surface area (Å²) in [5, 5.41) is 3.67. The Morgan fingerprint density at radius 3 is 2.59 bits per heavy atom. The Hall–Kier alpha value is -0.650. The van der Waals surface area contributed by atoms with Crippen LogP contribution < -0.4 is 16.8 Å². The number of fused-ring (bicyclic) bond motifs is 5. The van der Waals surface area contributed by atoms with Gasteiger partial charge in [-0.15, -0.1) is 0 Å². The van der Waals surface area contributed by atoms with E-state index in [9.17, 15) is 4.79 Å². The Morgan fingerprint density at radius 1 is 1.00 bits per heavy atom. The third-order valence-corrected chi connectivity index (χ3v) is 11.6. The fourth-order valence-corrected chi connectivity index (χ4v) is 9.59. The van der Waals surface area contributed by atoms with Gasteiger partial charge in [0.2, 0.25) is 0 Å². The van der Waals surface area contributed by atoms with Gasteiger partial charge in [-0.05, 0) is 112 Å². The van der Waals surface area contributed by atoms with Crippen LogP contribution in [0, 0.1) is 40.4 Å². The van der Waals surface area contributed by atoms with E-state index >= 15 is 0 Å². The molecule has 182 valence electrons. The summed E-state index contributed by atoms with van der Waals surface area (Å²) in [5.41, 5.74) is 13.8. The number of nitrogens with two attached hydrogens (primary N) is 2. The lowest BCUT2D eigenvalue weighted by molar-refractivity contribution is -0.141. The van der Waals surface area contributed by atoms with E-state index in [2.05, 4.69) is 19.2 Å². The summed E-state index contributed by atoms with van der Waals surface area (Å²) in [5.74, 6) is 3.52. The Kier molecular flexibility index (Phi) is 6.16. The minimum Gasteiger partial charge on any atom is -0.465 e. The van der Waals surface area contributed by atoms with Crippen molar-refractivity contribution in [1.29, 1.82) is 0 Å². The van der Waals surface area contributed by atoms with Crippen LogP contribution in [0.5, 0.6) is 0 Å². The quantitative estimate of drug-likeness (QED) is 0.538. The minimum atomic E-state index is -0.0206. The predicted molar refractivity (Wildman–Crippen MR) is 128 cm³/mol. The van der Waals surface area contributed by atoms with Crippen LogP contribution in [0.2, 0.25) is 0 Å². The molecule has 0 aromatic heterocycles. The Bertz CT molecular complexity index is 715. The highest BCUT2D eigenvalue weighted by atomic mass is 16.5. The van der Waals surface area contributed by atoms with Crippen molar-refractivity contribution in [3.05, 3.63) is 0 Å². The third-order valence-electron chi connectivity index (χ3n) is 11.6. The van der Waals surface area contributed by atoms with E-state index in [0.29, 0.717) is 24.6 Å². The predicted octanol–water partition coefficient (Wildman–Crippen LogP) is 3.99. The maximum Gasteiger partial charge on any atom is 0.309 e. The number of carbonyl (C=O) groups excluding carboxylic acids is 1. The molecular weight excluding hydrogens is 398 g/mol. The molecule has 9 atom stereocenters. The molecule has 0 spiro atoms. The summed E-state index contributed by atoms with van der Waals surface area (Å²) in [6, 6.07) is 0.542. The van der Waals surface area contributed by atoms with Gasteiger partial charge in [0.25, 0.3) is 0 Å². The molecule has 1 aliphatic heterocycles. The van der Waals surface area contributed by atoms with Crippen LogP contribution in [0.3, 0.4) is 0 Å². The zero-order chi connectivity index (χ0) is 22.6. The van der Waals surface area contributed by atoms with E-state index in [0.717, 1.165) is 49.5 Å². The van der Waals surface area contributed by atoms with Crippen molar-refractivity contribution < 1.29 is 9.53 Å². The number of hydrogen-bond donors (Lipinski definition) is 3. The highest BCUT2D eigenvalue weighted by molar-refractivity contribution is 5.74. The number of carbonyl (C=O) groups is 1. The number of hydrogen-bond acceptors (Lipinski definition) is 5. The number of nitrogens with one attached hydrogen (secondary N) is 1. The standard InChI is InChI=1S/C27H47N3O2/c1-25-11-9-23-21(22(25)6-5-19(25)4-3-18-10-16-32-24(18)31)8-13-27(29)17-20(30-15-14-28)7-12-26(23,27)2/h18-23,30H,3-17,28-29H2,1-2H3/t18?,19-,20-,21?,22?,23?,25+,26+,27+/m0/s1. The lowest BCUT2D eigenvalue weighted by atomic mass is 9.42. The first kappa shape index (κ1) is 23.1. The Balaban J connectivity index is 1.27. The van der Waals surface area contributed by atoms with Gasteiger partial charge < -0.3 is 21.5 Å². The second-order valence-corrected chi connectivity index (χ2v) is 12.7. The van der Waals surface area contributed by atoms with Gasteiger partial charge in [-0.1, -0.05) is 13.8 Å². The smallest absolute Gasteiger partial charge is 0.309 e. The maximum absolute atomic E-state index is 12.0. The van der Waals surface area contributed by atoms with Gasteiger partial charge in [-0.25, -0.2) is 0 Å². The van der Waals surface area contributed by atoms with Crippen LogP contribution in [-0.4, -0.2) is 37.2 Å². The molecule has 0 bridgehead atoms. The number of esters is 1. The first-order valence-corrected chi connectivity index (χ1v) is 13.7. The van der Waals surface area contributed by atoms with Gasteiger partial charge in [0.15, 0.2) is 0 Å². The SMILES string of the molecule is C[C@]12CCC3C(CC[C@@]4(N)C[C@@H](NCCN)CC[C@]34C)C1CC[C@@H]2CCC1CCOC1=O. The fourth-order valence-electron chi connectivity index (χ4n) is 9.59. The van der Waals surface area contributed by atoms with Crippen LogP contribution >= 0.6 is 0 Å². The molecule has 5 aliphatic rings. The van der Waals surface area contributed by atoms with E-state index in [1.54, 1.807) is 0 Å². The van der Waals surface area contributed by atoms with Crippen molar-refractivity contribution in [3.63, 3.8) is 0 Å². The van der Waals surface area contributed by atoms with Crippen LogP contribution in [0.1, 0.15) is 90.9 Å². The molecule has 4 saturated carbocycles. The van der Waals surface area contributed by atoms with Gasteiger partial charge in [0.05, 0.1) is 12.5 Å². The van der Waals surface area contributed by atoms with Crippen molar-refractivity contribution in [2.75, 3.05) is 19.7 Å². The van der Waals surface area contributed by atoms with Gasteiger partial charge in [-0.2, -0.15) is 0 Å². The average Bonchev–Trinajstić information content (AvgIpc) is 3.33. The number of rotatable bonds is 6. The molecule has 0 amide bonds. The Morgan fingerprint density at radius 2 is 1.84 bits per heavy atom. The average molecular weight is 446 g/mol. The summed E-state index contributed by atoms with van der Waals surface area (Å²) in [6.45, 7) is 7.42. The zero-order valence-electron chi connectivity index (χ0n) is 20.5. The van der Waals surface area contributed by atoms with Crippen molar-refractivity contribution in [1.82, 2.24) is 5.32 Å². The van der Waals surface area contributed by atoms with E-state index in [4.69, 9.17) is 16.2 Å². The molecule has 0 aromatic rings. The summed E-state index contributed by atoms with van der Waals surface area (Å²) in [6.07, 6.45) is 14.8. The first-order chi connectivity index (χ1) is 15.3. The third kappa shape index (κ3) is 3.56. The van der Waals surface area contributed by atoms with Crippen LogP contribution in [0.25, 0.3) is 0 Å². The lowest BCUT2D eigenvalue weighted by Gasteiger charge is -2.65. The molecule has 5 fully saturated rings. The van der Waals surface area contributed by atoms with Gasteiger partial charge in [0, 0.05) is 24.7 Å². The van der Waals surface area contributed by atoms with E-state index in [1.807, 2.05) is 0 Å². The monoisotopic (exact) mass is 445 g/mol. The van der Waals surface area contributed by atoms with Crippen LogP contribution in [-0.2, 0) is 9.53 Å². The second kappa shape index (κ2) is 8.53. The molecule has 1 saturated heterocycles. The van der Waals surface area contributed by atoms with Crippen LogP contribution in [0.15, 0.2) is 0 Å². The summed E-state index contributed by atoms with van der Waals surface area (Å²) in [4.78, 5) is 12.0. The normalized spacial score (nSPS) is 50.4. The van der Waals surface area contributed by atoms with Crippen molar-refractivity contribution in [3.8, 4) is 0 Å². The molecule has 5 N–H and O–H groups in total. The van der Waals surface area contributed by atoms with E-state index in [1.165, 1.54) is 57.8 Å². The molecule has 5 nitrogen and oxygen atoms in total. The van der Waals surface area contributed by atoms with Crippen molar-refractivity contribution >= 4 is 5.97 Å². The summed E-state index contributed by atoms with van der Waals surface area (Å²) < 4.78 is 5.22. The van der Waals surface area contributed by atoms with Crippen molar-refractivity contribution in [2.45, 2.75) is 102 Å². The largest absolute Gasteiger partial charge is 0.465 e. The molecule has 0 radical (unpaired) electrons. The Labute approximate surface area is 195 Å².